The van der Waals surface area contributed by atoms with Gasteiger partial charge in [-0.1, -0.05) is 18.2 Å². The molecule has 1 aliphatic heterocycles. The monoisotopic (exact) mass is 475 g/mol. The van der Waals surface area contributed by atoms with Gasteiger partial charge in [-0.25, -0.2) is 8.42 Å². The van der Waals surface area contributed by atoms with Crippen LogP contribution in [0.4, 0.5) is 24.5 Å². The van der Waals surface area contributed by atoms with Gasteiger partial charge in [-0.05, 0) is 73.0 Å². The third-order valence-electron chi connectivity index (χ3n) is 5.44. The van der Waals surface area contributed by atoms with Gasteiger partial charge in [0, 0.05) is 11.3 Å². The summed E-state index contributed by atoms with van der Waals surface area (Å²) in [5.41, 5.74) is 2.45. The Balaban J connectivity index is 1.55. The molecule has 6 nitrogen and oxygen atoms in total. The zero-order chi connectivity index (χ0) is 24.0. The highest BCUT2D eigenvalue weighted by molar-refractivity contribution is 7.89. The van der Waals surface area contributed by atoms with E-state index in [0.29, 0.717) is 16.8 Å². The Morgan fingerprint density at radius 3 is 2.27 bits per heavy atom. The van der Waals surface area contributed by atoms with Crippen LogP contribution in [-0.2, 0) is 16.2 Å². The minimum Gasteiger partial charge on any atom is -0.364 e. The normalized spacial score (nSPS) is 17.1. The summed E-state index contributed by atoms with van der Waals surface area (Å²) in [6, 6.07) is 14.1. The van der Waals surface area contributed by atoms with E-state index in [9.17, 15) is 26.4 Å². The number of halogens is 3. The lowest BCUT2D eigenvalue weighted by Crippen LogP contribution is -2.38. The molecule has 3 aromatic carbocycles. The number of alkyl halides is 3. The van der Waals surface area contributed by atoms with Crippen molar-refractivity contribution in [1.82, 2.24) is 4.72 Å². The van der Waals surface area contributed by atoms with Gasteiger partial charge in [0.15, 0.2) is 0 Å². The Morgan fingerprint density at radius 1 is 0.939 bits per heavy atom. The van der Waals surface area contributed by atoms with E-state index < -0.39 is 27.9 Å². The first-order valence-electron chi connectivity index (χ1n) is 9.93. The Labute approximate surface area is 188 Å². The van der Waals surface area contributed by atoms with Crippen molar-refractivity contribution >= 4 is 27.3 Å². The fourth-order valence-electron chi connectivity index (χ4n) is 3.46. The number of rotatable bonds is 3. The standard InChI is InChI=1S/C23H20F3N3O3S/c1-13-3-9-18(11-14(13)2)27-22(30)16-6-4-15(5-7-16)21-28-19-12-17(23(24,25)26)8-10-20(19)33(31,32)29-21/h3-12,21,28-29H,1-2H3,(H,27,30). The Kier molecular flexibility index (Phi) is 5.67. The van der Waals surface area contributed by atoms with Crippen LogP contribution < -0.4 is 15.4 Å². The van der Waals surface area contributed by atoms with Crippen molar-refractivity contribution in [3.05, 3.63) is 88.5 Å². The number of anilines is 2. The van der Waals surface area contributed by atoms with Crippen LogP contribution in [0, 0.1) is 13.8 Å². The number of aryl methyl sites for hydroxylation is 2. The largest absolute Gasteiger partial charge is 0.416 e. The van der Waals surface area contributed by atoms with E-state index >= 15 is 0 Å². The smallest absolute Gasteiger partial charge is 0.364 e. The maximum Gasteiger partial charge on any atom is 0.416 e. The zero-order valence-electron chi connectivity index (χ0n) is 17.6. The van der Waals surface area contributed by atoms with E-state index in [1.165, 1.54) is 24.3 Å². The van der Waals surface area contributed by atoms with Crippen LogP contribution in [0.2, 0.25) is 0 Å². The summed E-state index contributed by atoms with van der Waals surface area (Å²) >= 11 is 0. The molecule has 33 heavy (non-hydrogen) atoms. The van der Waals surface area contributed by atoms with Crippen LogP contribution in [-0.4, -0.2) is 14.3 Å². The molecule has 0 saturated carbocycles. The molecule has 4 rings (SSSR count). The fraction of sp³-hybridized carbons (Fsp3) is 0.174. The number of benzene rings is 3. The Morgan fingerprint density at radius 2 is 1.64 bits per heavy atom. The second kappa shape index (κ2) is 8.20. The zero-order valence-corrected chi connectivity index (χ0v) is 18.4. The van der Waals surface area contributed by atoms with E-state index in [-0.39, 0.29) is 16.5 Å². The molecule has 3 N–H and O–H groups in total. The molecule has 1 amide bonds. The van der Waals surface area contributed by atoms with Crippen LogP contribution in [0.3, 0.4) is 0 Å². The molecule has 1 heterocycles. The average molecular weight is 475 g/mol. The van der Waals surface area contributed by atoms with Crippen molar-refractivity contribution in [2.45, 2.75) is 31.1 Å². The number of hydrogen-bond donors (Lipinski definition) is 3. The van der Waals surface area contributed by atoms with Crippen molar-refractivity contribution in [3.8, 4) is 0 Å². The first-order valence-corrected chi connectivity index (χ1v) is 11.4. The SMILES string of the molecule is Cc1ccc(NC(=O)c2ccc(C3Nc4cc(C(F)(F)F)ccc4S(=O)(=O)N3)cc2)cc1C. The van der Waals surface area contributed by atoms with Crippen LogP contribution in [0.5, 0.6) is 0 Å². The predicted octanol–water partition coefficient (Wildman–Crippen LogP) is 4.98. The summed E-state index contributed by atoms with van der Waals surface area (Å²) in [5.74, 6) is -0.345. The van der Waals surface area contributed by atoms with Crippen molar-refractivity contribution in [3.63, 3.8) is 0 Å². The number of amides is 1. The van der Waals surface area contributed by atoms with Gasteiger partial charge in [-0.3, -0.25) is 4.79 Å². The topological polar surface area (TPSA) is 87.3 Å². The summed E-state index contributed by atoms with van der Waals surface area (Å²) < 4.78 is 66.7. The molecule has 0 spiro atoms. The molecule has 0 bridgehead atoms. The van der Waals surface area contributed by atoms with Crippen molar-refractivity contribution in [1.29, 1.82) is 0 Å². The van der Waals surface area contributed by atoms with Gasteiger partial charge in [0.1, 0.15) is 11.1 Å². The Bertz CT molecular complexity index is 1340. The third-order valence-corrected chi connectivity index (χ3v) is 6.92. The summed E-state index contributed by atoms with van der Waals surface area (Å²) in [5, 5.41) is 5.59. The second-order valence-corrected chi connectivity index (χ2v) is 9.46. The Hall–Kier alpha value is -3.37. The molecule has 0 radical (unpaired) electrons. The molecule has 0 fully saturated rings. The molecule has 0 aliphatic carbocycles. The van der Waals surface area contributed by atoms with Gasteiger partial charge in [0.25, 0.3) is 5.91 Å². The number of nitrogens with one attached hydrogen (secondary N) is 3. The summed E-state index contributed by atoms with van der Waals surface area (Å²) in [7, 11) is -4.04. The first-order chi connectivity index (χ1) is 15.4. The highest BCUT2D eigenvalue weighted by Crippen LogP contribution is 2.37. The number of carbonyl (C=O) groups excluding carboxylic acids is 1. The van der Waals surface area contributed by atoms with Gasteiger partial charge in [0.2, 0.25) is 10.0 Å². The van der Waals surface area contributed by atoms with Crippen LogP contribution >= 0.6 is 0 Å². The minimum absolute atomic E-state index is 0.148. The minimum atomic E-state index is -4.61. The maximum atomic E-state index is 13.1. The second-order valence-electron chi connectivity index (χ2n) is 7.78. The lowest BCUT2D eigenvalue weighted by molar-refractivity contribution is -0.137. The average Bonchev–Trinajstić information content (AvgIpc) is 2.75. The van der Waals surface area contributed by atoms with Crippen molar-refractivity contribution in [2.75, 3.05) is 10.6 Å². The van der Waals surface area contributed by atoms with Gasteiger partial charge in [-0.2, -0.15) is 17.9 Å². The molecule has 3 aromatic rings. The van der Waals surface area contributed by atoms with E-state index in [1.54, 1.807) is 6.07 Å². The highest BCUT2D eigenvalue weighted by atomic mass is 32.2. The van der Waals surface area contributed by atoms with Crippen LogP contribution in [0.15, 0.2) is 65.6 Å². The molecule has 0 saturated heterocycles. The third kappa shape index (κ3) is 4.71. The van der Waals surface area contributed by atoms with E-state index in [1.807, 2.05) is 26.0 Å². The quantitative estimate of drug-likeness (QED) is 0.499. The maximum absolute atomic E-state index is 13.1. The van der Waals surface area contributed by atoms with Crippen molar-refractivity contribution in [2.24, 2.45) is 0 Å². The van der Waals surface area contributed by atoms with E-state index in [0.717, 1.165) is 29.3 Å². The lowest BCUT2D eigenvalue weighted by Gasteiger charge is -2.29. The summed E-state index contributed by atoms with van der Waals surface area (Å²) in [6.45, 7) is 3.91. The van der Waals surface area contributed by atoms with Gasteiger partial charge >= 0.3 is 6.18 Å². The van der Waals surface area contributed by atoms with Gasteiger partial charge in [-0.15, -0.1) is 0 Å². The molecule has 172 valence electrons. The first kappa shape index (κ1) is 22.8. The molecule has 1 aliphatic rings. The molecule has 1 atom stereocenters. The summed E-state index contributed by atoms with van der Waals surface area (Å²) in [4.78, 5) is 12.3. The number of fused-ring (bicyclic) bond motifs is 1. The molecule has 0 aromatic heterocycles. The number of sulfonamides is 1. The van der Waals surface area contributed by atoms with E-state index in [4.69, 9.17) is 0 Å². The molecule has 1 unspecified atom stereocenters. The molecular weight excluding hydrogens is 455 g/mol. The fourth-order valence-corrected chi connectivity index (χ4v) is 4.74. The van der Waals surface area contributed by atoms with E-state index in [2.05, 4.69) is 15.4 Å². The van der Waals surface area contributed by atoms with Crippen molar-refractivity contribution < 1.29 is 26.4 Å². The summed E-state index contributed by atoms with van der Waals surface area (Å²) in [6.07, 6.45) is -5.60. The molecule has 10 heteroatoms. The number of hydrogen-bond acceptors (Lipinski definition) is 4. The number of carbonyl (C=O) groups is 1. The predicted molar refractivity (Wildman–Crippen MR) is 118 cm³/mol. The lowest BCUT2D eigenvalue weighted by atomic mass is 10.1. The van der Waals surface area contributed by atoms with Crippen LogP contribution in [0.1, 0.15) is 38.8 Å². The van der Waals surface area contributed by atoms with Crippen LogP contribution in [0.25, 0.3) is 0 Å². The highest BCUT2D eigenvalue weighted by Gasteiger charge is 2.35. The molecular formula is C23H20F3N3O3S. The van der Waals surface area contributed by atoms with Gasteiger partial charge < -0.3 is 10.6 Å². The van der Waals surface area contributed by atoms with Gasteiger partial charge in [0.05, 0.1) is 11.3 Å².